The number of amides is 2. The van der Waals surface area contributed by atoms with Crippen molar-refractivity contribution in [3.05, 3.63) is 59.1 Å². The zero-order valence-electron chi connectivity index (χ0n) is 15.4. The molecule has 0 fully saturated rings. The Morgan fingerprint density at radius 2 is 1.93 bits per heavy atom. The van der Waals surface area contributed by atoms with Gasteiger partial charge in [0.15, 0.2) is 5.13 Å². The van der Waals surface area contributed by atoms with Gasteiger partial charge >= 0.3 is 0 Å². The highest BCUT2D eigenvalue weighted by atomic mass is 32.1. The first-order valence-electron chi connectivity index (χ1n) is 8.72. The minimum absolute atomic E-state index is 0.0687. The summed E-state index contributed by atoms with van der Waals surface area (Å²) < 4.78 is 0. The lowest BCUT2D eigenvalue weighted by Gasteiger charge is -2.21. The Morgan fingerprint density at radius 1 is 1.15 bits per heavy atom. The number of carbonyl (C=O) groups is 2. The third kappa shape index (κ3) is 4.43. The van der Waals surface area contributed by atoms with Gasteiger partial charge < -0.3 is 15.6 Å². The van der Waals surface area contributed by atoms with Gasteiger partial charge in [-0.15, -0.1) is 11.3 Å². The number of hydrogen-bond donors (Lipinski definition) is 3. The van der Waals surface area contributed by atoms with Crippen LogP contribution in [0.4, 0.5) is 5.13 Å². The molecule has 6 nitrogen and oxygen atoms in total. The van der Waals surface area contributed by atoms with E-state index in [0.29, 0.717) is 10.7 Å². The zero-order chi connectivity index (χ0) is 19.4. The van der Waals surface area contributed by atoms with E-state index < -0.39 is 6.04 Å². The number of thiazole rings is 1. The van der Waals surface area contributed by atoms with E-state index in [0.717, 1.165) is 17.0 Å². The monoisotopic (exact) mass is 382 g/mol. The standard InChI is InChI=1S/C20H22N4O2S/c1-12(2)17(23-18(25)14-8-5-4-7-13(14)3)19(26)24-20-22-16(11-27-20)15-9-6-10-21-15/h4-12,17,21H,1-3H3,(H,23,25)(H,22,24,26)/t17-/m0/s1. The Kier molecular flexibility index (Phi) is 5.71. The predicted molar refractivity (Wildman–Crippen MR) is 108 cm³/mol. The van der Waals surface area contributed by atoms with Gasteiger partial charge in [-0.1, -0.05) is 32.0 Å². The van der Waals surface area contributed by atoms with Crippen LogP contribution < -0.4 is 10.6 Å². The maximum atomic E-state index is 12.7. The second-order valence-electron chi connectivity index (χ2n) is 6.62. The van der Waals surface area contributed by atoms with Crippen molar-refractivity contribution in [2.75, 3.05) is 5.32 Å². The predicted octanol–water partition coefficient (Wildman–Crippen LogP) is 3.84. The molecule has 0 radical (unpaired) electrons. The van der Waals surface area contributed by atoms with E-state index >= 15 is 0 Å². The Morgan fingerprint density at radius 3 is 2.59 bits per heavy atom. The van der Waals surface area contributed by atoms with E-state index in [4.69, 9.17) is 0 Å². The Balaban J connectivity index is 1.70. The molecule has 1 aromatic carbocycles. The number of H-pyrrole nitrogens is 1. The van der Waals surface area contributed by atoms with E-state index in [1.165, 1.54) is 11.3 Å². The molecule has 140 valence electrons. The molecule has 3 N–H and O–H groups in total. The van der Waals surface area contributed by atoms with Crippen LogP contribution in [0.1, 0.15) is 29.8 Å². The van der Waals surface area contributed by atoms with Crippen LogP contribution >= 0.6 is 11.3 Å². The van der Waals surface area contributed by atoms with Gasteiger partial charge in [0.1, 0.15) is 6.04 Å². The number of benzene rings is 1. The van der Waals surface area contributed by atoms with Gasteiger partial charge in [0.2, 0.25) is 5.91 Å². The first kappa shape index (κ1) is 18.8. The number of aromatic amines is 1. The van der Waals surface area contributed by atoms with Crippen LogP contribution in [0.15, 0.2) is 48.0 Å². The summed E-state index contributed by atoms with van der Waals surface area (Å²) in [7, 11) is 0. The molecule has 0 unspecified atom stereocenters. The highest BCUT2D eigenvalue weighted by molar-refractivity contribution is 7.14. The number of nitrogens with one attached hydrogen (secondary N) is 3. The van der Waals surface area contributed by atoms with E-state index in [-0.39, 0.29) is 17.7 Å². The molecule has 1 atom stereocenters. The van der Waals surface area contributed by atoms with Gasteiger partial charge in [-0.2, -0.15) is 0 Å². The average molecular weight is 382 g/mol. The first-order chi connectivity index (χ1) is 13.0. The molecule has 3 aromatic rings. The highest BCUT2D eigenvalue weighted by Crippen LogP contribution is 2.24. The van der Waals surface area contributed by atoms with Crippen molar-refractivity contribution in [2.45, 2.75) is 26.8 Å². The van der Waals surface area contributed by atoms with Crippen LogP contribution in [0.3, 0.4) is 0 Å². The number of rotatable bonds is 6. The molecule has 0 saturated heterocycles. The van der Waals surface area contributed by atoms with Crippen molar-refractivity contribution < 1.29 is 9.59 Å². The fourth-order valence-corrected chi connectivity index (χ4v) is 3.42. The Bertz CT molecular complexity index is 931. The summed E-state index contributed by atoms with van der Waals surface area (Å²) in [4.78, 5) is 32.8. The van der Waals surface area contributed by atoms with Gasteiger partial charge in [0.25, 0.3) is 5.91 Å². The number of anilines is 1. The minimum atomic E-state index is -0.657. The fraction of sp³-hybridized carbons (Fsp3) is 0.250. The van der Waals surface area contributed by atoms with Crippen LogP contribution in [-0.2, 0) is 4.79 Å². The third-order valence-electron chi connectivity index (χ3n) is 4.23. The molecule has 2 amide bonds. The Labute approximate surface area is 162 Å². The largest absolute Gasteiger partial charge is 0.360 e. The van der Waals surface area contributed by atoms with Crippen molar-refractivity contribution in [3.63, 3.8) is 0 Å². The summed E-state index contributed by atoms with van der Waals surface area (Å²) in [6.07, 6.45) is 1.82. The summed E-state index contributed by atoms with van der Waals surface area (Å²) in [5.74, 6) is -0.603. The SMILES string of the molecule is Cc1ccccc1C(=O)N[C@H](C(=O)Nc1nc(-c2ccc[nH]2)cs1)C(C)C. The van der Waals surface area contributed by atoms with E-state index in [9.17, 15) is 9.59 Å². The van der Waals surface area contributed by atoms with Crippen molar-refractivity contribution in [2.24, 2.45) is 5.92 Å². The summed E-state index contributed by atoms with van der Waals surface area (Å²) in [6.45, 7) is 5.67. The highest BCUT2D eigenvalue weighted by Gasteiger charge is 2.26. The minimum Gasteiger partial charge on any atom is -0.360 e. The van der Waals surface area contributed by atoms with Crippen molar-refractivity contribution in [1.29, 1.82) is 0 Å². The van der Waals surface area contributed by atoms with E-state index in [1.807, 2.05) is 62.7 Å². The third-order valence-corrected chi connectivity index (χ3v) is 4.99. The molecular weight excluding hydrogens is 360 g/mol. The van der Waals surface area contributed by atoms with Crippen LogP contribution in [-0.4, -0.2) is 27.8 Å². The topological polar surface area (TPSA) is 86.9 Å². The smallest absolute Gasteiger partial charge is 0.252 e. The lowest BCUT2D eigenvalue weighted by molar-refractivity contribution is -0.118. The average Bonchev–Trinajstić information content (AvgIpc) is 3.30. The van der Waals surface area contributed by atoms with Gasteiger partial charge in [-0.25, -0.2) is 4.98 Å². The van der Waals surface area contributed by atoms with Crippen LogP contribution in [0, 0.1) is 12.8 Å². The second-order valence-corrected chi connectivity index (χ2v) is 7.48. The Hall–Kier alpha value is -2.93. The molecule has 0 aliphatic rings. The van der Waals surface area contributed by atoms with Gasteiger partial charge in [-0.3, -0.25) is 9.59 Å². The molecule has 7 heteroatoms. The number of hydrogen-bond acceptors (Lipinski definition) is 4. The molecule has 0 aliphatic carbocycles. The molecule has 2 aromatic heterocycles. The lowest BCUT2D eigenvalue weighted by atomic mass is 10.0. The summed E-state index contributed by atoms with van der Waals surface area (Å²) in [5.41, 5.74) is 3.10. The fourth-order valence-electron chi connectivity index (χ4n) is 2.71. The normalized spacial score (nSPS) is 12.0. The molecule has 3 rings (SSSR count). The van der Waals surface area contributed by atoms with Crippen molar-refractivity contribution in [3.8, 4) is 11.4 Å². The zero-order valence-corrected chi connectivity index (χ0v) is 16.3. The van der Waals surface area contributed by atoms with Crippen LogP contribution in [0.25, 0.3) is 11.4 Å². The van der Waals surface area contributed by atoms with E-state index in [1.54, 1.807) is 6.07 Å². The second kappa shape index (κ2) is 8.18. The quantitative estimate of drug-likeness (QED) is 0.605. The van der Waals surface area contributed by atoms with Gasteiger partial charge in [-0.05, 0) is 36.6 Å². The number of aryl methyl sites for hydroxylation is 1. The van der Waals surface area contributed by atoms with Crippen LogP contribution in [0.5, 0.6) is 0 Å². The number of aromatic nitrogens is 2. The van der Waals surface area contributed by atoms with Crippen LogP contribution in [0.2, 0.25) is 0 Å². The number of nitrogens with zero attached hydrogens (tertiary/aromatic N) is 1. The molecule has 0 spiro atoms. The van der Waals surface area contributed by atoms with Gasteiger partial charge in [0, 0.05) is 17.1 Å². The number of carbonyl (C=O) groups excluding carboxylic acids is 2. The summed E-state index contributed by atoms with van der Waals surface area (Å²) in [6, 6.07) is 10.5. The summed E-state index contributed by atoms with van der Waals surface area (Å²) >= 11 is 1.35. The van der Waals surface area contributed by atoms with Gasteiger partial charge in [0.05, 0.1) is 11.4 Å². The molecule has 0 bridgehead atoms. The van der Waals surface area contributed by atoms with Crippen molar-refractivity contribution in [1.82, 2.24) is 15.3 Å². The molecule has 27 heavy (non-hydrogen) atoms. The molecule has 2 heterocycles. The molecular formula is C20H22N4O2S. The van der Waals surface area contributed by atoms with E-state index in [2.05, 4.69) is 20.6 Å². The first-order valence-corrected chi connectivity index (χ1v) is 9.60. The maximum absolute atomic E-state index is 12.7. The molecule has 0 aliphatic heterocycles. The lowest BCUT2D eigenvalue weighted by Crippen LogP contribution is -2.47. The van der Waals surface area contributed by atoms with Crippen molar-refractivity contribution >= 4 is 28.3 Å². The molecule has 0 saturated carbocycles. The maximum Gasteiger partial charge on any atom is 0.252 e. The summed E-state index contributed by atoms with van der Waals surface area (Å²) in [5, 5.41) is 8.04.